The van der Waals surface area contributed by atoms with Crippen molar-refractivity contribution in [3.05, 3.63) is 34.9 Å². The number of likely N-dealkylation sites (tertiary alicyclic amines) is 1. The van der Waals surface area contributed by atoms with E-state index in [-0.39, 0.29) is 0 Å². The molecular weight excluding hydrogens is 256 g/mol. The molecule has 3 atom stereocenters. The van der Waals surface area contributed by atoms with E-state index in [2.05, 4.69) is 63.0 Å². The van der Waals surface area contributed by atoms with Crippen molar-refractivity contribution in [2.75, 3.05) is 19.6 Å². The Morgan fingerprint density at radius 1 is 1.29 bits per heavy atom. The molecule has 1 fully saturated rings. The lowest BCUT2D eigenvalue weighted by Gasteiger charge is -2.29. The molecule has 3 unspecified atom stereocenters. The first kappa shape index (κ1) is 16.5. The van der Waals surface area contributed by atoms with Crippen molar-refractivity contribution in [1.82, 2.24) is 10.2 Å². The smallest absolute Gasteiger partial charge is 0.0452 e. The van der Waals surface area contributed by atoms with Gasteiger partial charge in [0.2, 0.25) is 0 Å². The summed E-state index contributed by atoms with van der Waals surface area (Å²) >= 11 is 0. The van der Waals surface area contributed by atoms with Gasteiger partial charge in [0.1, 0.15) is 0 Å². The maximum Gasteiger partial charge on any atom is 0.0452 e. The lowest BCUT2D eigenvalue weighted by molar-refractivity contribution is 0.234. The van der Waals surface area contributed by atoms with Crippen molar-refractivity contribution in [3.63, 3.8) is 0 Å². The fourth-order valence-electron chi connectivity index (χ4n) is 3.68. The molecule has 0 aliphatic carbocycles. The molecular formula is C19H32N2. The minimum Gasteiger partial charge on any atom is -0.309 e. The van der Waals surface area contributed by atoms with Gasteiger partial charge in [-0.25, -0.2) is 0 Å². The zero-order valence-corrected chi connectivity index (χ0v) is 14.4. The summed E-state index contributed by atoms with van der Waals surface area (Å²) in [6, 6.07) is 8.06. The van der Waals surface area contributed by atoms with Crippen molar-refractivity contribution >= 4 is 0 Å². The minimum absolute atomic E-state index is 0.457. The van der Waals surface area contributed by atoms with Gasteiger partial charge in [0.05, 0.1) is 0 Å². The summed E-state index contributed by atoms with van der Waals surface area (Å²) in [4.78, 5) is 2.66. The normalized spacial score (nSPS) is 24.4. The Kier molecular flexibility index (Phi) is 5.83. The SMILES string of the molecule is CCCNC(CN1CC(C)CC1C)c1ccc(C)cc1C. The first-order valence-corrected chi connectivity index (χ1v) is 8.55. The summed E-state index contributed by atoms with van der Waals surface area (Å²) in [5, 5.41) is 3.77. The third kappa shape index (κ3) is 4.31. The molecule has 1 N–H and O–H groups in total. The quantitative estimate of drug-likeness (QED) is 0.848. The molecule has 1 aliphatic heterocycles. The molecule has 0 amide bonds. The van der Waals surface area contributed by atoms with Crippen molar-refractivity contribution < 1.29 is 0 Å². The van der Waals surface area contributed by atoms with Gasteiger partial charge in [-0.05, 0) is 57.2 Å². The van der Waals surface area contributed by atoms with E-state index in [4.69, 9.17) is 0 Å². The minimum atomic E-state index is 0.457. The Balaban J connectivity index is 2.14. The fraction of sp³-hybridized carbons (Fsp3) is 0.684. The second-order valence-corrected chi connectivity index (χ2v) is 7.01. The molecule has 0 radical (unpaired) electrons. The average molecular weight is 288 g/mol. The van der Waals surface area contributed by atoms with Crippen LogP contribution >= 0.6 is 0 Å². The molecule has 1 aromatic rings. The number of nitrogens with one attached hydrogen (secondary N) is 1. The first-order chi connectivity index (χ1) is 10.0. The number of aryl methyl sites for hydroxylation is 2. The van der Waals surface area contributed by atoms with Crippen LogP contribution < -0.4 is 5.32 Å². The van der Waals surface area contributed by atoms with E-state index in [1.165, 1.54) is 36.1 Å². The van der Waals surface area contributed by atoms with Gasteiger partial charge in [0.25, 0.3) is 0 Å². The lowest BCUT2D eigenvalue weighted by atomic mass is 9.98. The second kappa shape index (κ2) is 7.42. The van der Waals surface area contributed by atoms with Gasteiger partial charge in [-0.15, -0.1) is 0 Å². The highest BCUT2D eigenvalue weighted by molar-refractivity contribution is 5.33. The second-order valence-electron chi connectivity index (χ2n) is 7.01. The van der Waals surface area contributed by atoms with Crippen LogP contribution in [0.5, 0.6) is 0 Å². The number of nitrogens with zero attached hydrogens (tertiary/aromatic N) is 1. The standard InChI is InChI=1S/C19H32N2/c1-6-9-20-19(13-21-12-15(3)11-17(21)5)18-8-7-14(2)10-16(18)4/h7-8,10,15,17,19-20H,6,9,11-13H2,1-5H3. The maximum absolute atomic E-state index is 3.77. The van der Waals surface area contributed by atoms with E-state index in [0.29, 0.717) is 6.04 Å². The molecule has 0 spiro atoms. The third-order valence-corrected chi connectivity index (χ3v) is 4.77. The van der Waals surface area contributed by atoms with Gasteiger partial charge in [-0.1, -0.05) is 37.6 Å². The average Bonchev–Trinajstić information content (AvgIpc) is 2.73. The van der Waals surface area contributed by atoms with Crippen LogP contribution in [0.2, 0.25) is 0 Å². The molecule has 2 heteroatoms. The maximum atomic E-state index is 3.77. The Morgan fingerprint density at radius 2 is 2.05 bits per heavy atom. The van der Waals surface area contributed by atoms with E-state index in [9.17, 15) is 0 Å². The number of benzene rings is 1. The van der Waals surface area contributed by atoms with Gasteiger partial charge < -0.3 is 5.32 Å². The molecule has 1 saturated heterocycles. The molecule has 2 rings (SSSR count). The highest BCUT2D eigenvalue weighted by Crippen LogP contribution is 2.27. The van der Waals surface area contributed by atoms with Crippen LogP contribution in [0.3, 0.4) is 0 Å². The van der Waals surface area contributed by atoms with Crippen molar-refractivity contribution in [2.24, 2.45) is 5.92 Å². The van der Waals surface area contributed by atoms with E-state index >= 15 is 0 Å². The summed E-state index contributed by atoms with van der Waals surface area (Å²) in [6.07, 6.45) is 2.53. The summed E-state index contributed by atoms with van der Waals surface area (Å²) < 4.78 is 0. The molecule has 1 aromatic carbocycles. The third-order valence-electron chi connectivity index (χ3n) is 4.77. The first-order valence-electron chi connectivity index (χ1n) is 8.55. The van der Waals surface area contributed by atoms with Gasteiger partial charge in [0, 0.05) is 25.2 Å². The van der Waals surface area contributed by atoms with Gasteiger partial charge in [-0.3, -0.25) is 4.90 Å². The summed E-state index contributed by atoms with van der Waals surface area (Å²) in [6.45, 7) is 14.9. The number of hydrogen-bond donors (Lipinski definition) is 1. The largest absolute Gasteiger partial charge is 0.309 e. The summed E-state index contributed by atoms with van der Waals surface area (Å²) in [7, 11) is 0. The molecule has 118 valence electrons. The van der Waals surface area contributed by atoms with Crippen LogP contribution in [-0.2, 0) is 0 Å². The predicted molar refractivity (Wildman–Crippen MR) is 91.8 cm³/mol. The van der Waals surface area contributed by atoms with Gasteiger partial charge >= 0.3 is 0 Å². The van der Waals surface area contributed by atoms with E-state index in [1.54, 1.807) is 0 Å². The zero-order chi connectivity index (χ0) is 15.4. The highest BCUT2D eigenvalue weighted by Gasteiger charge is 2.28. The van der Waals surface area contributed by atoms with Crippen LogP contribution in [0.1, 0.15) is 56.3 Å². The highest BCUT2D eigenvalue weighted by atomic mass is 15.2. The van der Waals surface area contributed by atoms with Crippen LogP contribution in [0.15, 0.2) is 18.2 Å². The van der Waals surface area contributed by atoms with Crippen LogP contribution in [0.25, 0.3) is 0 Å². The van der Waals surface area contributed by atoms with Crippen LogP contribution in [-0.4, -0.2) is 30.6 Å². The molecule has 0 aromatic heterocycles. The molecule has 2 nitrogen and oxygen atoms in total. The van der Waals surface area contributed by atoms with Crippen LogP contribution in [0, 0.1) is 19.8 Å². The Morgan fingerprint density at radius 3 is 2.62 bits per heavy atom. The fourth-order valence-corrected chi connectivity index (χ4v) is 3.68. The lowest BCUT2D eigenvalue weighted by Crippen LogP contribution is -2.37. The number of rotatable bonds is 6. The molecule has 1 heterocycles. The monoisotopic (exact) mass is 288 g/mol. The summed E-state index contributed by atoms with van der Waals surface area (Å²) in [5.41, 5.74) is 4.25. The van der Waals surface area contributed by atoms with Crippen molar-refractivity contribution in [1.29, 1.82) is 0 Å². The topological polar surface area (TPSA) is 15.3 Å². The molecule has 1 aliphatic rings. The van der Waals surface area contributed by atoms with E-state index in [1.807, 2.05) is 0 Å². The van der Waals surface area contributed by atoms with Crippen molar-refractivity contribution in [3.8, 4) is 0 Å². The molecule has 0 bridgehead atoms. The Bertz CT molecular complexity index is 455. The van der Waals surface area contributed by atoms with E-state index in [0.717, 1.165) is 25.0 Å². The Hall–Kier alpha value is -0.860. The van der Waals surface area contributed by atoms with E-state index < -0.39 is 0 Å². The Labute approximate surface area is 130 Å². The van der Waals surface area contributed by atoms with Gasteiger partial charge in [-0.2, -0.15) is 0 Å². The zero-order valence-electron chi connectivity index (χ0n) is 14.4. The van der Waals surface area contributed by atoms with Crippen LogP contribution in [0.4, 0.5) is 0 Å². The predicted octanol–water partition coefficient (Wildman–Crippen LogP) is 4.07. The molecule has 0 saturated carbocycles. The summed E-state index contributed by atoms with van der Waals surface area (Å²) in [5.74, 6) is 0.839. The van der Waals surface area contributed by atoms with Crippen molar-refractivity contribution in [2.45, 2.75) is 59.5 Å². The van der Waals surface area contributed by atoms with Gasteiger partial charge in [0.15, 0.2) is 0 Å². The number of hydrogen-bond acceptors (Lipinski definition) is 2. The molecule has 21 heavy (non-hydrogen) atoms.